The summed E-state index contributed by atoms with van der Waals surface area (Å²) in [5.74, 6) is 0.403. The van der Waals surface area contributed by atoms with Crippen molar-refractivity contribution in [1.82, 2.24) is 19.5 Å². The summed E-state index contributed by atoms with van der Waals surface area (Å²) in [6, 6.07) is 40.9. The summed E-state index contributed by atoms with van der Waals surface area (Å²) < 4.78 is 151. The van der Waals surface area contributed by atoms with Crippen LogP contribution in [-0.4, -0.2) is 19.5 Å². The fraction of sp³-hybridized carbons (Fsp3) is 0. The van der Waals surface area contributed by atoms with Crippen molar-refractivity contribution < 1.29 is 26.3 Å². The highest BCUT2D eigenvalue weighted by Gasteiger charge is 2.21. The Morgan fingerprint density at radius 1 is 0.347 bits per heavy atom. The molecule has 0 atom stereocenters. The highest BCUT2D eigenvalue weighted by molar-refractivity contribution is 7.25. The van der Waals surface area contributed by atoms with E-state index in [0.717, 1.165) is 33.0 Å². The minimum absolute atomic E-state index is 0.00146. The van der Waals surface area contributed by atoms with Crippen LogP contribution in [0.3, 0.4) is 0 Å². The lowest BCUT2D eigenvalue weighted by Crippen LogP contribution is -2.03. The van der Waals surface area contributed by atoms with Crippen LogP contribution in [0.15, 0.2) is 259 Å². The average Bonchev–Trinajstić information content (AvgIpc) is 1.64. The normalized spacial score (nSPS) is 14.7. The van der Waals surface area contributed by atoms with Crippen LogP contribution in [0.25, 0.3) is 148 Å². The molecule has 0 unspecified atom stereocenters. The molecule has 5 nitrogen and oxygen atoms in total. The molecule has 11 aromatic carbocycles. The van der Waals surface area contributed by atoms with Crippen LogP contribution in [0.4, 0.5) is 0 Å². The number of aromatic nitrogens is 4. The van der Waals surface area contributed by atoms with Gasteiger partial charge in [0.15, 0.2) is 17.5 Å². The molecule has 0 aliphatic rings. The standard InChI is InChI=1S/C69H42N4OS/c1-2-14-43(15-3-1)44-28-30-45(31-29-44)46-32-34-47(35-33-46)67-70-68(72-69(71-67)57-21-6-10-26-62(57)73-60-24-8-4-18-53(60)54-19-5-9-25-61(54)73)51-17-12-16-50(40-51)52-22-13-23-56-58-41-48(36-38-63(58)74-66(52)56)49-37-39-65-59(42-49)55-20-7-11-27-64(55)75-65/h1-42H/i1D,2D,3D,4D,5D,8D,14D,15D,18D,19D,24D,25D,28D,29D,30D,31D. The van der Waals surface area contributed by atoms with Gasteiger partial charge in [-0.2, -0.15) is 0 Å². The van der Waals surface area contributed by atoms with E-state index in [4.69, 9.17) is 38.6 Å². The van der Waals surface area contributed by atoms with Crippen LogP contribution in [0, 0.1) is 0 Å². The summed E-state index contributed by atoms with van der Waals surface area (Å²) >= 11 is 1.77. The number of furan rings is 1. The molecule has 0 aliphatic carbocycles. The molecule has 6 heteroatoms. The van der Waals surface area contributed by atoms with Crippen molar-refractivity contribution in [3.05, 3.63) is 254 Å². The minimum atomic E-state index is -0.684. The lowest BCUT2D eigenvalue weighted by Gasteiger charge is -2.15. The molecule has 0 amide bonds. The first-order chi connectivity index (χ1) is 43.8. The molecule has 0 aliphatic heterocycles. The SMILES string of the molecule is [2H]c1cc([2H])c2c(c1[2H])c1c([2H])c([2H])c([2H])c([2H])c1n2-c1ccccc1-c1nc(-c2ccc(-c3c([2H])c([2H])c(-c4c([2H])c([2H])c([2H])c([2H])c4[2H])c([2H])c3[2H])cc2)nc(-c2cccc(-c3cccc4c3oc3ccc(-c5ccc6sc7ccccc7c6c5)cc34)c2)n1. The van der Waals surface area contributed by atoms with E-state index in [0.29, 0.717) is 27.9 Å². The van der Waals surface area contributed by atoms with Crippen LogP contribution >= 0.6 is 11.3 Å². The molecule has 0 radical (unpaired) electrons. The number of hydrogen-bond donors (Lipinski definition) is 0. The van der Waals surface area contributed by atoms with Crippen LogP contribution in [-0.2, 0) is 0 Å². The van der Waals surface area contributed by atoms with Crippen molar-refractivity contribution in [2.45, 2.75) is 0 Å². The van der Waals surface area contributed by atoms with Crippen molar-refractivity contribution in [1.29, 1.82) is 0 Å². The number of para-hydroxylation sites is 4. The van der Waals surface area contributed by atoms with Crippen molar-refractivity contribution in [2.24, 2.45) is 0 Å². The minimum Gasteiger partial charge on any atom is -0.455 e. The zero-order valence-electron chi connectivity index (χ0n) is 55.1. The van der Waals surface area contributed by atoms with E-state index in [9.17, 15) is 2.74 Å². The number of thiophene rings is 1. The number of hydrogen-bond acceptors (Lipinski definition) is 5. The molecule has 350 valence electrons. The first-order valence-corrected chi connectivity index (χ1v) is 24.7. The maximum atomic E-state index is 9.28. The van der Waals surface area contributed by atoms with E-state index < -0.39 is 89.7 Å². The van der Waals surface area contributed by atoms with Crippen molar-refractivity contribution in [3.63, 3.8) is 0 Å². The summed E-state index contributed by atoms with van der Waals surface area (Å²) in [6.07, 6.45) is 0. The third-order valence-corrected chi connectivity index (χ3v) is 14.7. The van der Waals surface area contributed by atoms with E-state index in [1.54, 1.807) is 59.9 Å². The van der Waals surface area contributed by atoms with Crippen LogP contribution in [0.2, 0.25) is 0 Å². The predicted molar refractivity (Wildman–Crippen MR) is 312 cm³/mol. The van der Waals surface area contributed by atoms with Gasteiger partial charge in [-0.15, -0.1) is 11.3 Å². The summed E-state index contributed by atoms with van der Waals surface area (Å²) in [7, 11) is 0. The molecule has 0 spiro atoms. The monoisotopic (exact) mass is 990 g/mol. The summed E-state index contributed by atoms with van der Waals surface area (Å²) in [5.41, 5.74) is 5.88. The van der Waals surface area contributed by atoms with Crippen molar-refractivity contribution in [2.75, 3.05) is 0 Å². The zero-order chi connectivity index (χ0) is 63.3. The molecule has 0 N–H and O–H groups in total. The van der Waals surface area contributed by atoms with E-state index in [2.05, 4.69) is 54.6 Å². The van der Waals surface area contributed by atoms with Crippen LogP contribution in [0.1, 0.15) is 21.9 Å². The van der Waals surface area contributed by atoms with E-state index >= 15 is 0 Å². The Labute approximate surface area is 458 Å². The van der Waals surface area contributed by atoms with E-state index in [-0.39, 0.29) is 74.2 Å². The second-order valence-electron chi connectivity index (χ2n) is 17.9. The lowest BCUT2D eigenvalue weighted by atomic mass is 9.98. The summed E-state index contributed by atoms with van der Waals surface area (Å²) in [6.45, 7) is 0. The lowest BCUT2D eigenvalue weighted by molar-refractivity contribution is 0.670. The topological polar surface area (TPSA) is 56.7 Å². The maximum absolute atomic E-state index is 9.28. The fourth-order valence-electron chi connectivity index (χ4n) is 10.0. The highest BCUT2D eigenvalue weighted by atomic mass is 32.1. The maximum Gasteiger partial charge on any atom is 0.166 e. The third-order valence-electron chi connectivity index (χ3n) is 13.5. The number of rotatable bonds is 8. The molecule has 4 aromatic heterocycles. The fourth-order valence-corrected chi connectivity index (χ4v) is 11.1. The van der Waals surface area contributed by atoms with Gasteiger partial charge in [0.25, 0.3) is 0 Å². The Bertz CT molecular complexity index is 5650. The Morgan fingerprint density at radius 3 is 1.81 bits per heavy atom. The van der Waals surface area contributed by atoms with E-state index in [1.165, 1.54) is 30.8 Å². The Kier molecular flexibility index (Phi) is 6.92. The first-order valence-electron chi connectivity index (χ1n) is 31.9. The quantitative estimate of drug-likeness (QED) is 0.152. The summed E-state index contributed by atoms with van der Waals surface area (Å²) in [4.78, 5) is 15.3. The number of nitrogens with zero attached hydrogens (tertiary/aromatic N) is 4. The first kappa shape index (κ1) is 29.7. The van der Waals surface area contributed by atoms with Gasteiger partial charge < -0.3 is 8.98 Å². The van der Waals surface area contributed by atoms with Gasteiger partial charge in [-0.3, -0.25) is 0 Å². The Balaban J connectivity index is 0.892. The molecule has 0 fully saturated rings. The van der Waals surface area contributed by atoms with Gasteiger partial charge in [0.1, 0.15) is 11.2 Å². The molecule has 0 saturated carbocycles. The number of benzene rings is 11. The smallest absolute Gasteiger partial charge is 0.166 e. The van der Waals surface area contributed by atoms with Crippen LogP contribution in [0.5, 0.6) is 0 Å². The molecule has 75 heavy (non-hydrogen) atoms. The molecular formula is C69H42N4OS. The third kappa shape index (κ3) is 7.33. The Hall–Kier alpha value is -9.75. The molecular weight excluding hydrogens is 933 g/mol. The Morgan fingerprint density at radius 2 is 0.947 bits per heavy atom. The largest absolute Gasteiger partial charge is 0.455 e. The van der Waals surface area contributed by atoms with Crippen molar-refractivity contribution >= 4 is 75.3 Å². The van der Waals surface area contributed by atoms with Gasteiger partial charge in [0, 0.05) is 64.0 Å². The van der Waals surface area contributed by atoms with Gasteiger partial charge in [-0.25, -0.2) is 15.0 Å². The second kappa shape index (κ2) is 17.5. The highest BCUT2D eigenvalue weighted by Crippen LogP contribution is 2.42. The summed E-state index contributed by atoms with van der Waals surface area (Å²) in [5, 5.41) is 4.23. The number of fused-ring (bicyclic) bond motifs is 9. The van der Waals surface area contributed by atoms with Crippen LogP contribution < -0.4 is 0 Å². The molecule has 0 bridgehead atoms. The predicted octanol–water partition coefficient (Wildman–Crippen LogP) is 18.9. The average molecular weight is 991 g/mol. The molecule has 0 saturated heterocycles. The molecule has 15 aromatic rings. The molecule has 15 rings (SSSR count). The van der Waals surface area contributed by atoms with Gasteiger partial charge in [0.2, 0.25) is 0 Å². The van der Waals surface area contributed by atoms with Gasteiger partial charge in [-0.05, 0) is 99.6 Å². The van der Waals surface area contributed by atoms with Crippen molar-refractivity contribution in [3.8, 4) is 84.4 Å². The zero-order valence-corrected chi connectivity index (χ0v) is 39.9. The van der Waals surface area contributed by atoms with Gasteiger partial charge in [0.05, 0.1) is 38.7 Å². The van der Waals surface area contributed by atoms with Gasteiger partial charge in [-0.1, -0.05) is 194 Å². The second-order valence-corrected chi connectivity index (χ2v) is 19.0. The molecule has 4 heterocycles. The van der Waals surface area contributed by atoms with E-state index in [1.807, 2.05) is 48.5 Å². The van der Waals surface area contributed by atoms with Gasteiger partial charge >= 0.3 is 0 Å².